The lowest BCUT2D eigenvalue weighted by Crippen LogP contribution is -2.43. The topological polar surface area (TPSA) is 52.8 Å². The van der Waals surface area contributed by atoms with Gasteiger partial charge in [-0.15, -0.1) is 24.0 Å². The van der Waals surface area contributed by atoms with E-state index in [4.69, 9.17) is 4.42 Å². The molecule has 0 amide bonds. The molecule has 2 aromatic rings. The average Bonchev–Trinajstić information content (AvgIpc) is 3.34. The Labute approximate surface area is 181 Å². The molecule has 1 aliphatic rings. The molecule has 3 rings (SSSR count). The number of hydrogen-bond donors (Lipinski definition) is 2. The Morgan fingerprint density at radius 1 is 1.18 bits per heavy atom. The molecule has 154 valence electrons. The second-order valence-electron chi connectivity index (χ2n) is 6.68. The van der Waals surface area contributed by atoms with Crippen molar-refractivity contribution in [2.75, 3.05) is 33.2 Å². The van der Waals surface area contributed by atoms with E-state index in [9.17, 15) is 8.78 Å². The summed E-state index contributed by atoms with van der Waals surface area (Å²) in [4.78, 5) is 6.64. The molecule has 1 fully saturated rings. The number of benzene rings is 1. The lowest BCUT2D eigenvalue weighted by atomic mass is 10.1. The van der Waals surface area contributed by atoms with Crippen molar-refractivity contribution in [2.24, 2.45) is 4.99 Å². The molecule has 1 aliphatic heterocycles. The van der Waals surface area contributed by atoms with E-state index in [1.165, 1.54) is 25.0 Å². The van der Waals surface area contributed by atoms with Crippen molar-refractivity contribution in [1.82, 2.24) is 15.5 Å². The van der Waals surface area contributed by atoms with Crippen molar-refractivity contribution in [2.45, 2.75) is 25.3 Å². The predicted molar refractivity (Wildman–Crippen MR) is 117 cm³/mol. The number of hydrogen-bond acceptors (Lipinski definition) is 3. The Morgan fingerprint density at radius 2 is 1.89 bits per heavy atom. The largest absolute Gasteiger partial charge is 0.468 e. The highest BCUT2D eigenvalue weighted by atomic mass is 127. The third kappa shape index (κ3) is 6.44. The van der Waals surface area contributed by atoms with Gasteiger partial charge in [-0.3, -0.25) is 9.89 Å². The van der Waals surface area contributed by atoms with E-state index in [-0.39, 0.29) is 30.0 Å². The van der Waals surface area contributed by atoms with Gasteiger partial charge in [0.1, 0.15) is 17.4 Å². The first-order valence-electron chi connectivity index (χ1n) is 9.32. The molecular weight excluding hydrogens is 477 g/mol. The van der Waals surface area contributed by atoms with Gasteiger partial charge in [0.25, 0.3) is 0 Å². The summed E-state index contributed by atoms with van der Waals surface area (Å²) >= 11 is 0. The highest BCUT2D eigenvalue weighted by molar-refractivity contribution is 14.0. The van der Waals surface area contributed by atoms with Crippen LogP contribution in [0.5, 0.6) is 0 Å². The molecule has 0 radical (unpaired) electrons. The van der Waals surface area contributed by atoms with Gasteiger partial charge in [-0.1, -0.05) is 0 Å². The first-order valence-corrected chi connectivity index (χ1v) is 9.32. The molecule has 0 aliphatic carbocycles. The molecule has 2 N–H and O–H groups in total. The number of furan rings is 1. The normalized spacial score (nSPS) is 15.9. The molecule has 1 aromatic heterocycles. The van der Waals surface area contributed by atoms with Crippen molar-refractivity contribution in [3.63, 3.8) is 0 Å². The lowest BCUT2D eigenvalue weighted by Gasteiger charge is -2.26. The molecule has 0 bridgehead atoms. The molecule has 5 nitrogen and oxygen atoms in total. The van der Waals surface area contributed by atoms with Crippen LogP contribution in [0.2, 0.25) is 0 Å². The van der Waals surface area contributed by atoms with Gasteiger partial charge >= 0.3 is 0 Å². The van der Waals surface area contributed by atoms with E-state index in [1.54, 1.807) is 13.3 Å². The summed E-state index contributed by atoms with van der Waals surface area (Å²) in [6.07, 6.45) is 4.61. The summed E-state index contributed by atoms with van der Waals surface area (Å²) < 4.78 is 32.1. The van der Waals surface area contributed by atoms with Gasteiger partial charge in [0.2, 0.25) is 0 Å². The second kappa shape index (κ2) is 11.4. The molecule has 28 heavy (non-hydrogen) atoms. The minimum absolute atomic E-state index is 0. The number of halogens is 3. The van der Waals surface area contributed by atoms with Crippen LogP contribution >= 0.6 is 24.0 Å². The van der Waals surface area contributed by atoms with Gasteiger partial charge in [0.05, 0.1) is 12.3 Å². The standard InChI is InChI=1S/C20H26F2N4O.HI/c1-23-20(24-7-6-15-11-16(21)13-17(22)12-15)25-14-18(19-5-4-10-27-19)26-8-2-3-9-26;/h4-5,10-13,18H,2-3,6-9,14H2,1H3,(H2,23,24,25);1H. The molecule has 8 heteroatoms. The van der Waals surface area contributed by atoms with Crippen molar-refractivity contribution in [1.29, 1.82) is 0 Å². The monoisotopic (exact) mass is 504 g/mol. The Bertz CT molecular complexity index is 728. The van der Waals surface area contributed by atoms with Crippen LogP contribution in [0.4, 0.5) is 8.78 Å². The Balaban J connectivity index is 0.00000280. The van der Waals surface area contributed by atoms with E-state index in [2.05, 4.69) is 20.5 Å². The fraction of sp³-hybridized carbons (Fsp3) is 0.450. The molecule has 1 atom stereocenters. The summed E-state index contributed by atoms with van der Waals surface area (Å²) in [5.41, 5.74) is 0.612. The first-order chi connectivity index (χ1) is 13.2. The summed E-state index contributed by atoms with van der Waals surface area (Å²) in [5, 5.41) is 6.53. The molecule has 1 unspecified atom stereocenters. The maximum absolute atomic E-state index is 13.3. The maximum atomic E-state index is 13.3. The van der Waals surface area contributed by atoms with Crippen LogP contribution in [-0.2, 0) is 6.42 Å². The molecule has 1 aromatic carbocycles. The third-order valence-corrected chi connectivity index (χ3v) is 4.77. The first kappa shape index (κ1) is 22.6. The fourth-order valence-corrected chi connectivity index (χ4v) is 3.44. The smallest absolute Gasteiger partial charge is 0.191 e. The maximum Gasteiger partial charge on any atom is 0.191 e. The van der Waals surface area contributed by atoms with Crippen molar-refractivity contribution < 1.29 is 13.2 Å². The van der Waals surface area contributed by atoms with Gasteiger partial charge in [0.15, 0.2) is 5.96 Å². The zero-order valence-electron chi connectivity index (χ0n) is 16.0. The SMILES string of the molecule is CN=C(NCCc1cc(F)cc(F)c1)NCC(c1ccco1)N1CCCC1.I. The Kier molecular flexibility index (Phi) is 9.17. The minimum atomic E-state index is -0.556. The van der Waals surface area contributed by atoms with Gasteiger partial charge in [0, 0.05) is 26.2 Å². The average molecular weight is 504 g/mol. The van der Waals surface area contributed by atoms with Crippen LogP contribution in [0.1, 0.15) is 30.2 Å². The van der Waals surface area contributed by atoms with Crippen molar-refractivity contribution in [3.8, 4) is 0 Å². The molecule has 0 saturated carbocycles. The number of likely N-dealkylation sites (tertiary alicyclic amines) is 1. The molecular formula is C20H27F2IN4O. The number of aliphatic imine (C=N–C) groups is 1. The zero-order valence-corrected chi connectivity index (χ0v) is 18.3. The van der Waals surface area contributed by atoms with Gasteiger partial charge in [-0.05, 0) is 62.2 Å². The third-order valence-electron chi connectivity index (χ3n) is 4.77. The highest BCUT2D eigenvalue weighted by Crippen LogP contribution is 2.24. The van der Waals surface area contributed by atoms with Crippen LogP contribution in [0.3, 0.4) is 0 Å². The second-order valence-corrected chi connectivity index (χ2v) is 6.68. The number of nitrogens with zero attached hydrogens (tertiary/aromatic N) is 2. The summed E-state index contributed by atoms with van der Waals surface area (Å²) in [5.74, 6) is 0.483. The van der Waals surface area contributed by atoms with Crippen LogP contribution in [0, 0.1) is 11.6 Å². The number of guanidine groups is 1. The van der Waals surface area contributed by atoms with Crippen molar-refractivity contribution in [3.05, 3.63) is 59.6 Å². The van der Waals surface area contributed by atoms with Gasteiger partial charge in [-0.2, -0.15) is 0 Å². The lowest BCUT2D eigenvalue weighted by molar-refractivity contribution is 0.215. The number of rotatable bonds is 7. The number of nitrogens with one attached hydrogen (secondary N) is 2. The van der Waals surface area contributed by atoms with Crippen LogP contribution in [0.15, 0.2) is 46.0 Å². The van der Waals surface area contributed by atoms with Gasteiger partial charge < -0.3 is 15.1 Å². The highest BCUT2D eigenvalue weighted by Gasteiger charge is 2.25. The molecule has 1 saturated heterocycles. The Hall–Kier alpha value is -1.68. The van der Waals surface area contributed by atoms with Crippen LogP contribution in [0.25, 0.3) is 0 Å². The Morgan fingerprint density at radius 3 is 2.50 bits per heavy atom. The van der Waals surface area contributed by atoms with Crippen molar-refractivity contribution >= 4 is 29.9 Å². The van der Waals surface area contributed by atoms with E-state index in [0.29, 0.717) is 31.0 Å². The van der Waals surface area contributed by atoms with Crippen LogP contribution < -0.4 is 10.6 Å². The fourth-order valence-electron chi connectivity index (χ4n) is 3.44. The summed E-state index contributed by atoms with van der Waals surface area (Å²) in [6, 6.07) is 7.63. The minimum Gasteiger partial charge on any atom is -0.468 e. The summed E-state index contributed by atoms with van der Waals surface area (Å²) in [7, 11) is 1.70. The van der Waals surface area contributed by atoms with E-state index < -0.39 is 11.6 Å². The molecule has 2 heterocycles. The molecule has 0 spiro atoms. The van der Waals surface area contributed by atoms with E-state index >= 15 is 0 Å². The predicted octanol–water partition coefficient (Wildman–Crippen LogP) is 3.72. The summed E-state index contributed by atoms with van der Waals surface area (Å²) in [6.45, 7) is 3.31. The quantitative estimate of drug-likeness (QED) is 0.343. The van der Waals surface area contributed by atoms with E-state index in [0.717, 1.165) is 24.9 Å². The van der Waals surface area contributed by atoms with Crippen LogP contribution in [-0.4, -0.2) is 44.1 Å². The zero-order chi connectivity index (χ0) is 19.1. The van der Waals surface area contributed by atoms with Gasteiger partial charge in [-0.25, -0.2) is 8.78 Å². The van der Waals surface area contributed by atoms with E-state index in [1.807, 2.05) is 12.1 Å².